The number of hydrogen-bond acceptors (Lipinski definition) is 7. The van der Waals surface area contributed by atoms with Crippen LogP contribution in [0.2, 0.25) is 0 Å². The minimum absolute atomic E-state index is 0.281. The van der Waals surface area contributed by atoms with Gasteiger partial charge in [0.2, 0.25) is 0 Å². The van der Waals surface area contributed by atoms with Gasteiger partial charge in [-0.05, 0) is 16.9 Å². The van der Waals surface area contributed by atoms with Gasteiger partial charge in [-0.2, -0.15) is 4.40 Å². The molecule has 2 heterocycles. The molecule has 1 aromatic rings. The second-order valence-electron chi connectivity index (χ2n) is 3.60. The summed E-state index contributed by atoms with van der Waals surface area (Å²) < 4.78 is 9.31. The van der Waals surface area contributed by atoms with Gasteiger partial charge in [-0.15, -0.1) is 0 Å². The van der Waals surface area contributed by atoms with Gasteiger partial charge in [0, 0.05) is 28.0 Å². The van der Waals surface area contributed by atoms with Crippen LogP contribution >= 0.6 is 21.8 Å². The maximum absolute atomic E-state index is 12.0. The van der Waals surface area contributed by atoms with Gasteiger partial charge in [0.05, 0.1) is 6.54 Å². The van der Waals surface area contributed by atoms with Gasteiger partial charge in [-0.1, -0.05) is 18.2 Å². The van der Waals surface area contributed by atoms with Crippen molar-refractivity contribution in [1.82, 2.24) is 5.32 Å². The molecule has 1 N–H and O–H groups in total. The fourth-order valence-corrected chi connectivity index (χ4v) is 3.37. The standard InChI is InChI=1S/C11H9N3O2S2/c15-10(16-11-12-5-6-13-11)9-7-3-1-2-4-8(7)17-18-14-9/h1-4H,5-6H2,(H,12,13). The number of benzene rings is 1. The predicted molar refractivity (Wildman–Crippen MR) is 72.8 cm³/mol. The van der Waals surface area contributed by atoms with Gasteiger partial charge in [-0.25, -0.2) is 9.79 Å². The van der Waals surface area contributed by atoms with E-state index in [1.165, 1.54) is 21.8 Å². The van der Waals surface area contributed by atoms with E-state index in [4.69, 9.17) is 4.74 Å². The summed E-state index contributed by atoms with van der Waals surface area (Å²) in [6, 6.07) is 7.92. The van der Waals surface area contributed by atoms with E-state index in [-0.39, 0.29) is 6.02 Å². The highest BCUT2D eigenvalue weighted by Crippen LogP contribution is 2.39. The van der Waals surface area contributed by atoms with Crippen LogP contribution in [0, 0.1) is 0 Å². The summed E-state index contributed by atoms with van der Waals surface area (Å²) in [6.07, 6.45) is 0. The van der Waals surface area contributed by atoms with Crippen LogP contribution in [-0.4, -0.2) is 30.8 Å². The molecule has 0 saturated carbocycles. The normalized spacial score (nSPS) is 17.3. The molecule has 0 bridgehead atoms. The number of hydrogen-bond donors (Lipinski definition) is 1. The Bertz CT molecular complexity index is 557. The van der Waals surface area contributed by atoms with E-state index in [2.05, 4.69) is 14.7 Å². The Morgan fingerprint density at radius 2 is 2.28 bits per heavy atom. The van der Waals surface area contributed by atoms with Crippen molar-refractivity contribution >= 4 is 39.5 Å². The Morgan fingerprint density at radius 3 is 3.11 bits per heavy atom. The molecule has 0 radical (unpaired) electrons. The van der Waals surface area contributed by atoms with Crippen molar-refractivity contribution in [3.8, 4) is 0 Å². The molecule has 92 valence electrons. The summed E-state index contributed by atoms with van der Waals surface area (Å²) in [7, 11) is 2.80. The van der Waals surface area contributed by atoms with Crippen molar-refractivity contribution in [3.63, 3.8) is 0 Å². The molecule has 2 aliphatic heterocycles. The van der Waals surface area contributed by atoms with Crippen molar-refractivity contribution < 1.29 is 9.53 Å². The van der Waals surface area contributed by atoms with E-state index in [0.29, 0.717) is 18.8 Å². The van der Waals surface area contributed by atoms with Crippen molar-refractivity contribution in [2.45, 2.75) is 4.90 Å². The van der Waals surface area contributed by atoms with Crippen LogP contribution in [0.4, 0.5) is 0 Å². The lowest BCUT2D eigenvalue weighted by atomic mass is 10.1. The molecule has 1 aromatic carbocycles. The lowest BCUT2D eigenvalue weighted by Gasteiger charge is -2.13. The zero-order valence-corrected chi connectivity index (χ0v) is 10.9. The second kappa shape index (κ2) is 5.03. The number of carbonyl (C=O) groups excluding carboxylic acids is 1. The average molecular weight is 279 g/mol. The summed E-state index contributed by atoms with van der Waals surface area (Å²) >= 11 is 0. The quantitative estimate of drug-likeness (QED) is 0.481. The molecule has 3 rings (SSSR count). The van der Waals surface area contributed by atoms with Gasteiger partial charge in [0.15, 0.2) is 5.71 Å². The number of rotatable bonds is 1. The molecule has 0 saturated heterocycles. The number of aliphatic imine (C=N–C) groups is 1. The number of nitrogens with zero attached hydrogens (tertiary/aromatic N) is 2. The number of fused-ring (bicyclic) bond motifs is 1. The number of carbonyl (C=O) groups is 1. The molecule has 0 amide bonds. The summed E-state index contributed by atoms with van der Waals surface area (Å²) in [5.41, 5.74) is 1.15. The predicted octanol–water partition coefficient (Wildman–Crippen LogP) is 1.65. The van der Waals surface area contributed by atoms with E-state index in [0.717, 1.165) is 10.5 Å². The Morgan fingerprint density at radius 1 is 1.39 bits per heavy atom. The van der Waals surface area contributed by atoms with Crippen LogP contribution in [0.15, 0.2) is 38.6 Å². The lowest BCUT2D eigenvalue weighted by Crippen LogP contribution is -2.29. The Kier molecular flexibility index (Phi) is 3.24. The Hall–Kier alpha value is -1.47. The minimum Gasteiger partial charge on any atom is -0.388 e. The number of ether oxygens (including phenoxy) is 1. The molecule has 7 heteroatoms. The van der Waals surface area contributed by atoms with Crippen LogP contribution < -0.4 is 5.32 Å². The maximum Gasteiger partial charge on any atom is 0.366 e. The third-order valence-electron chi connectivity index (χ3n) is 2.42. The topological polar surface area (TPSA) is 63.0 Å². The first kappa shape index (κ1) is 11.6. The summed E-state index contributed by atoms with van der Waals surface area (Å²) in [4.78, 5) is 17.1. The van der Waals surface area contributed by atoms with Gasteiger partial charge >= 0.3 is 5.97 Å². The van der Waals surface area contributed by atoms with Crippen LogP contribution in [0.1, 0.15) is 5.56 Å². The molecule has 5 nitrogen and oxygen atoms in total. The third kappa shape index (κ3) is 2.23. The molecule has 0 spiro atoms. The molecular weight excluding hydrogens is 270 g/mol. The Labute approximate surface area is 112 Å². The van der Waals surface area contributed by atoms with Crippen molar-refractivity contribution in [2.75, 3.05) is 13.1 Å². The minimum atomic E-state index is -0.469. The van der Waals surface area contributed by atoms with Crippen LogP contribution in [-0.2, 0) is 9.53 Å². The SMILES string of the molecule is O=C(OC1=NCCN1)C1=NSSc2ccccc21. The smallest absolute Gasteiger partial charge is 0.366 e. The molecular formula is C11H9N3O2S2. The van der Waals surface area contributed by atoms with E-state index < -0.39 is 5.97 Å². The van der Waals surface area contributed by atoms with Crippen molar-refractivity contribution in [2.24, 2.45) is 9.39 Å². The fourth-order valence-electron chi connectivity index (χ4n) is 1.61. The van der Waals surface area contributed by atoms with Crippen LogP contribution in [0.25, 0.3) is 0 Å². The summed E-state index contributed by atoms with van der Waals surface area (Å²) in [6.45, 7) is 1.34. The molecule has 0 unspecified atom stereocenters. The van der Waals surface area contributed by atoms with Gasteiger partial charge in [0.25, 0.3) is 6.02 Å². The highest BCUT2D eigenvalue weighted by molar-refractivity contribution is 8.76. The first-order valence-corrected chi connectivity index (χ1v) is 7.47. The molecule has 0 aromatic heterocycles. The van der Waals surface area contributed by atoms with E-state index in [1.807, 2.05) is 24.3 Å². The highest BCUT2D eigenvalue weighted by atomic mass is 33.1. The van der Waals surface area contributed by atoms with Gasteiger partial charge < -0.3 is 10.1 Å². The summed E-state index contributed by atoms with van der Waals surface area (Å²) in [5.74, 6) is -0.469. The van der Waals surface area contributed by atoms with E-state index >= 15 is 0 Å². The number of esters is 1. The van der Waals surface area contributed by atoms with Crippen molar-refractivity contribution in [3.05, 3.63) is 29.8 Å². The third-order valence-corrected chi connectivity index (χ3v) is 4.28. The second-order valence-corrected chi connectivity index (χ2v) is 5.48. The van der Waals surface area contributed by atoms with Gasteiger partial charge in [0.1, 0.15) is 0 Å². The Balaban J connectivity index is 1.83. The first-order valence-electron chi connectivity index (χ1n) is 5.36. The van der Waals surface area contributed by atoms with Crippen molar-refractivity contribution in [1.29, 1.82) is 0 Å². The molecule has 18 heavy (non-hydrogen) atoms. The van der Waals surface area contributed by atoms with Gasteiger partial charge in [-0.3, -0.25) is 0 Å². The monoisotopic (exact) mass is 279 g/mol. The lowest BCUT2D eigenvalue weighted by molar-refractivity contribution is -0.128. The van der Waals surface area contributed by atoms with Crippen LogP contribution in [0.3, 0.4) is 0 Å². The molecule has 0 aliphatic carbocycles. The number of nitrogens with one attached hydrogen (secondary N) is 1. The zero-order valence-electron chi connectivity index (χ0n) is 9.25. The molecule has 0 fully saturated rings. The van der Waals surface area contributed by atoms with Crippen LogP contribution in [0.5, 0.6) is 0 Å². The zero-order chi connectivity index (χ0) is 12.4. The molecule has 2 aliphatic rings. The average Bonchev–Trinajstić information content (AvgIpc) is 2.91. The molecule has 0 atom stereocenters. The summed E-state index contributed by atoms with van der Waals surface area (Å²) in [5, 5.41) is 2.89. The first-order chi connectivity index (χ1) is 8.84. The largest absolute Gasteiger partial charge is 0.388 e. The van der Waals surface area contributed by atoms with E-state index in [9.17, 15) is 4.79 Å². The maximum atomic E-state index is 12.0. The fraction of sp³-hybridized carbons (Fsp3) is 0.182. The highest BCUT2D eigenvalue weighted by Gasteiger charge is 2.24. The van der Waals surface area contributed by atoms with E-state index in [1.54, 1.807) is 0 Å². The number of amidine groups is 1.